The number of carboxylic acid groups (broad SMARTS) is 1. The molecule has 0 bridgehead atoms. The summed E-state index contributed by atoms with van der Waals surface area (Å²) in [6.07, 6.45) is -0.380. The maximum atomic E-state index is 13.4. The monoisotopic (exact) mass is 483 g/mol. The fourth-order valence-electron chi connectivity index (χ4n) is 3.77. The van der Waals surface area contributed by atoms with Crippen molar-refractivity contribution in [3.05, 3.63) is 53.1 Å². The standard InChI is InChI=1S/C24H25N3O8/c1-4-35-20-9-14(5-8-19(20)34-3)18(11-21(29)25-12-22(30)31)27-23(32)16-7-6-15(26-13(2)28)10-17(16)24(27)33/h5-10,18H,4,11-12H2,1-3H3,(H,25,29)(H,26,28)(H,30,31). The van der Waals surface area contributed by atoms with Crippen molar-refractivity contribution >= 4 is 35.3 Å². The number of ether oxygens (including phenoxy) is 2. The average Bonchev–Trinajstić information content (AvgIpc) is 3.05. The molecule has 0 fully saturated rings. The summed E-state index contributed by atoms with van der Waals surface area (Å²) in [6.45, 7) is 2.81. The Kier molecular flexibility index (Phi) is 7.69. The van der Waals surface area contributed by atoms with Gasteiger partial charge in [-0.15, -0.1) is 0 Å². The number of rotatable bonds is 10. The number of nitrogens with one attached hydrogen (secondary N) is 2. The molecule has 2 aromatic rings. The van der Waals surface area contributed by atoms with E-state index in [1.54, 1.807) is 25.1 Å². The average molecular weight is 483 g/mol. The minimum Gasteiger partial charge on any atom is -0.493 e. The van der Waals surface area contributed by atoms with Gasteiger partial charge in [-0.3, -0.25) is 28.9 Å². The van der Waals surface area contributed by atoms with Crippen molar-refractivity contribution in [3.63, 3.8) is 0 Å². The van der Waals surface area contributed by atoms with Crippen LogP contribution in [0.3, 0.4) is 0 Å². The molecule has 184 valence electrons. The summed E-state index contributed by atoms with van der Waals surface area (Å²) in [7, 11) is 1.46. The Bertz CT molecular complexity index is 1190. The molecule has 11 heteroatoms. The lowest BCUT2D eigenvalue weighted by molar-refractivity contribution is -0.138. The van der Waals surface area contributed by atoms with Gasteiger partial charge in [0, 0.05) is 12.6 Å². The van der Waals surface area contributed by atoms with Crippen molar-refractivity contribution in [1.29, 1.82) is 0 Å². The highest BCUT2D eigenvalue weighted by molar-refractivity contribution is 6.22. The van der Waals surface area contributed by atoms with Crippen molar-refractivity contribution in [1.82, 2.24) is 10.2 Å². The summed E-state index contributed by atoms with van der Waals surface area (Å²) < 4.78 is 10.9. The van der Waals surface area contributed by atoms with E-state index in [4.69, 9.17) is 14.6 Å². The fraction of sp³-hybridized carbons (Fsp3) is 0.292. The van der Waals surface area contributed by atoms with Crippen molar-refractivity contribution in [3.8, 4) is 11.5 Å². The first-order valence-corrected chi connectivity index (χ1v) is 10.7. The first-order chi connectivity index (χ1) is 16.7. The second-order valence-electron chi connectivity index (χ2n) is 7.66. The summed E-state index contributed by atoms with van der Waals surface area (Å²) in [5.74, 6) is -2.73. The van der Waals surface area contributed by atoms with E-state index in [1.807, 2.05) is 0 Å². The Morgan fingerprint density at radius 2 is 1.74 bits per heavy atom. The minimum atomic E-state index is -1.23. The highest BCUT2D eigenvalue weighted by Crippen LogP contribution is 2.38. The third-order valence-corrected chi connectivity index (χ3v) is 5.24. The molecule has 3 rings (SSSR count). The van der Waals surface area contributed by atoms with Gasteiger partial charge in [0.1, 0.15) is 6.54 Å². The zero-order chi connectivity index (χ0) is 25.7. The topological polar surface area (TPSA) is 151 Å². The number of nitrogens with zero attached hydrogens (tertiary/aromatic N) is 1. The van der Waals surface area contributed by atoms with E-state index in [0.29, 0.717) is 29.4 Å². The maximum absolute atomic E-state index is 13.4. The van der Waals surface area contributed by atoms with E-state index in [1.165, 1.54) is 32.2 Å². The molecule has 1 atom stereocenters. The Morgan fingerprint density at radius 3 is 2.37 bits per heavy atom. The molecular weight excluding hydrogens is 458 g/mol. The van der Waals surface area contributed by atoms with Gasteiger partial charge in [0.2, 0.25) is 11.8 Å². The van der Waals surface area contributed by atoms with Gasteiger partial charge in [-0.05, 0) is 42.8 Å². The van der Waals surface area contributed by atoms with Gasteiger partial charge in [-0.2, -0.15) is 0 Å². The van der Waals surface area contributed by atoms with Gasteiger partial charge in [-0.25, -0.2) is 0 Å². The Morgan fingerprint density at radius 1 is 1.03 bits per heavy atom. The van der Waals surface area contributed by atoms with E-state index in [2.05, 4.69) is 10.6 Å². The van der Waals surface area contributed by atoms with Gasteiger partial charge in [-0.1, -0.05) is 6.07 Å². The summed E-state index contributed by atoms with van der Waals surface area (Å²) >= 11 is 0. The number of carbonyl (C=O) groups excluding carboxylic acids is 4. The molecule has 1 aliphatic rings. The van der Waals surface area contributed by atoms with Gasteiger partial charge in [0.15, 0.2) is 11.5 Å². The number of carboxylic acids is 1. The lowest BCUT2D eigenvalue weighted by Gasteiger charge is -2.27. The van der Waals surface area contributed by atoms with Crippen molar-refractivity contribution in [2.45, 2.75) is 26.3 Å². The largest absolute Gasteiger partial charge is 0.493 e. The van der Waals surface area contributed by atoms with Crippen LogP contribution < -0.4 is 20.1 Å². The molecule has 1 heterocycles. The van der Waals surface area contributed by atoms with E-state index >= 15 is 0 Å². The lowest BCUT2D eigenvalue weighted by atomic mass is 10.0. The molecular formula is C24H25N3O8. The zero-order valence-electron chi connectivity index (χ0n) is 19.4. The van der Waals surface area contributed by atoms with E-state index < -0.39 is 36.3 Å². The summed E-state index contributed by atoms with van der Waals surface area (Å²) in [4.78, 5) is 62.4. The Labute approximate surface area is 201 Å². The second-order valence-corrected chi connectivity index (χ2v) is 7.66. The molecule has 2 aromatic carbocycles. The van der Waals surface area contributed by atoms with Crippen LogP contribution in [0.2, 0.25) is 0 Å². The fourth-order valence-corrected chi connectivity index (χ4v) is 3.77. The molecule has 1 aliphatic heterocycles. The highest BCUT2D eigenvalue weighted by atomic mass is 16.5. The number of hydrogen-bond acceptors (Lipinski definition) is 7. The number of imide groups is 1. The highest BCUT2D eigenvalue weighted by Gasteiger charge is 2.41. The summed E-state index contributed by atoms with van der Waals surface area (Å²) in [6, 6.07) is 8.04. The number of fused-ring (bicyclic) bond motifs is 1. The van der Waals surface area contributed by atoms with Crippen molar-refractivity contribution in [2.24, 2.45) is 0 Å². The van der Waals surface area contributed by atoms with Crippen LogP contribution in [0.25, 0.3) is 0 Å². The molecule has 0 radical (unpaired) electrons. The number of carbonyl (C=O) groups is 5. The first-order valence-electron chi connectivity index (χ1n) is 10.7. The van der Waals surface area contributed by atoms with E-state index in [9.17, 15) is 24.0 Å². The minimum absolute atomic E-state index is 0.0794. The van der Waals surface area contributed by atoms with Crippen molar-refractivity contribution in [2.75, 3.05) is 25.6 Å². The normalized spacial score (nSPS) is 13.2. The van der Waals surface area contributed by atoms with Gasteiger partial charge < -0.3 is 25.2 Å². The lowest BCUT2D eigenvalue weighted by Crippen LogP contribution is -2.38. The molecule has 0 saturated carbocycles. The van der Waals surface area contributed by atoms with Crippen LogP contribution in [-0.2, 0) is 14.4 Å². The zero-order valence-corrected chi connectivity index (χ0v) is 19.4. The number of methoxy groups -OCH3 is 1. The van der Waals surface area contributed by atoms with Crippen molar-refractivity contribution < 1.29 is 38.6 Å². The molecule has 11 nitrogen and oxygen atoms in total. The number of anilines is 1. The van der Waals surface area contributed by atoms with Crippen LogP contribution in [0.1, 0.15) is 52.6 Å². The molecule has 1 unspecified atom stereocenters. The van der Waals surface area contributed by atoms with E-state index in [-0.39, 0.29) is 23.5 Å². The van der Waals surface area contributed by atoms with Crippen LogP contribution in [0.5, 0.6) is 11.5 Å². The number of hydrogen-bond donors (Lipinski definition) is 3. The summed E-state index contributed by atoms with van der Waals surface area (Å²) in [5, 5.41) is 13.7. The van der Waals surface area contributed by atoms with Gasteiger partial charge in [0.25, 0.3) is 11.8 Å². The number of amides is 4. The third-order valence-electron chi connectivity index (χ3n) is 5.24. The van der Waals surface area contributed by atoms with Crippen LogP contribution >= 0.6 is 0 Å². The second kappa shape index (κ2) is 10.7. The van der Waals surface area contributed by atoms with Gasteiger partial charge in [0.05, 0.1) is 37.3 Å². The first kappa shape index (κ1) is 25.2. The van der Waals surface area contributed by atoms with Crippen LogP contribution in [0.15, 0.2) is 36.4 Å². The molecule has 0 aliphatic carbocycles. The Hall–Kier alpha value is -4.41. The molecule has 4 amide bonds. The molecule has 35 heavy (non-hydrogen) atoms. The number of benzene rings is 2. The molecule has 0 spiro atoms. The molecule has 3 N–H and O–H groups in total. The summed E-state index contributed by atoms with van der Waals surface area (Å²) in [5.41, 5.74) is 0.962. The molecule has 0 saturated heterocycles. The number of aliphatic carboxylic acids is 1. The smallest absolute Gasteiger partial charge is 0.322 e. The molecule has 0 aromatic heterocycles. The van der Waals surface area contributed by atoms with Crippen LogP contribution in [-0.4, -0.2) is 59.9 Å². The Balaban J connectivity index is 2.03. The van der Waals surface area contributed by atoms with E-state index in [0.717, 1.165) is 4.90 Å². The van der Waals surface area contributed by atoms with Gasteiger partial charge >= 0.3 is 5.97 Å². The SMILES string of the molecule is CCOc1cc(C(CC(=O)NCC(=O)O)N2C(=O)c3ccc(NC(C)=O)cc3C2=O)ccc1OC. The van der Waals surface area contributed by atoms with Crippen LogP contribution in [0.4, 0.5) is 5.69 Å². The maximum Gasteiger partial charge on any atom is 0.322 e. The predicted octanol–water partition coefficient (Wildman–Crippen LogP) is 1.98. The quantitative estimate of drug-likeness (QED) is 0.434. The predicted molar refractivity (Wildman–Crippen MR) is 123 cm³/mol. The third kappa shape index (κ3) is 5.57. The van der Waals surface area contributed by atoms with Crippen LogP contribution in [0, 0.1) is 0 Å².